The van der Waals surface area contributed by atoms with E-state index in [0.717, 1.165) is 32.1 Å². The molecule has 0 aromatic rings. The normalized spacial score (nSPS) is 12.7. The first-order chi connectivity index (χ1) is 11.5. The van der Waals surface area contributed by atoms with Gasteiger partial charge in [-0.15, -0.1) is 0 Å². The summed E-state index contributed by atoms with van der Waals surface area (Å²) in [5.74, 6) is -1.64. The number of rotatable bonds is 15. The van der Waals surface area contributed by atoms with Crippen molar-refractivity contribution in [3.63, 3.8) is 0 Å². The van der Waals surface area contributed by atoms with E-state index in [-0.39, 0.29) is 12.3 Å². The lowest BCUT2D eigenvalue weighted by molar-refractivity contribution is -0.152. The first kappa shape index (κ1) is 22.7. The Morgan fingerprint density at radius 2 is 1.62 bits per heavy atom. The van der Waals surface area contributed by atoms with E-state index in [1.54, 1.807) is 0 Å². The van der Waals surface area contributed by atoms with E-state index in [2.05, 4.69) is 19.1 Å². The van der Waals surface area contributed by atoms with Crippen molar-refractivity contribution in [2.24, 2.45) is 11.8 Å². The molecule has 0 spiro atoms. The first-order valence-corrected chi connectivity index (χ1v) is 9.50. The van der Waals surface area contributed by atoms with Crippen LogP contribution in [0.5, 0.6) is 0 Å². The predicted octanol–water partition coefficient (Wildman–Crippen LogP) is 5.36. The van der Waals surface area contributed by atoms with Gasteiger partial charge in [-0.3, -0.25) is 9.59 Å². The highest BCUT2D eigenvalue weighted by atomic mass is 16.5. The lowest BCUT2D eigenvalue weighted by Gasteiger charge is -2.12. The van der Waals surface area contributed by atoms with Crippen LogP contribution < -0.4 is 0 Å². The Balaban J connectivity index is 3.78. The minimum atomic E-state index is -0.896. The molecule has 1 N–H and O–H groups in total. The van der Waals surface area contributed by atoms with Crippen LogP contribution in [0.4, 0.5) is 0 Å². The summed E-state index contributed by atoms with van der Waals surface area (Å²) in [6.07, 6.45) is 14.0. The molecule has 0 saturated carbocycles. The van der Waals surface area contributed by atoms with E-state index < -0.39 is 17.9 Å². The molecule has 0 aliphatic rings. The molecule has 140 valence electrons. The van der Waals surface area contributed by atoms with Gasteiger partial charge < -0.3 is 9.84 Å². The van der Waals surface area contributed by atoms with Crippen molar-refractivity contribution in [2.45, 2.75) is 85.0 Å². The maximum absolute atomic E-state index is 11.6. The maximum Gasteiger partial charge on any atom is 0.307 e. The second kappa shape index (κ2) is 15.2. The smallest absolute Gasteiger partial charge is 0.307 e. The van der Waals surface area contributed by atoms with Crippen LogP contribution in [0.25, 0.3) is 0 Å². The highest BCUT2D eigenvalue weighted by Gasteiger charge is 2.21. The number of unbranched alkanes of at least 4 members (excludes halogenated alkanes) is 6. The van der Waals surface area contributed by atoms with E-state index in [1.165, 1.54) is 19.3 Å². The largest absolute Gasteiger partial charge is 0.481 e. The summed E-state index contributed by atoms with van der Waals surface area (Å²) in [5, 5.41) is 9.22. The van der Waals surface area contributed by atoms with Crippen molar-refractivity contribution in [2.75, 3.05) is 6.61 Å². The fourth-order valence-corrected chi connectivity index (χ4v) is 2.41. The summed E-state index contributed by atoms with van der Waals surface area (Å²) in [7, 11) is 0. The van der Waals surface area contributed by atoms with Crippen LogP contribution in [-0.4, -0.2) is 23.7 Å². The van der Waals surface area contributed by atoms with Gasteiger partial charge in [0.2, 0.25) is 0 Å². The molecule has 0 amide bonds. The molecule has 0 bridgehead atoms. The number of hydrogen-bond donors (Lipinski definition) is 1. The Kier molecular flexibility index (Phi) is 14.4. The number of carboxylic acids is 1. The molecule has 0 aliphatic carbocycles. The van der Waals surface area contributed by atoms with Gasteiger partial charge in [-0.1, -0.05) is 58.6 Å². The molecule has 0 saturated heterocycles. The summed E-state index contributed by atoms with van der Waals surface area (Å²) in [4.78, 5) is 22.9. The molecule has 24 heavy (non-hydrogen) atoms. The zero-order valence-electron chi connectivity index (χ0n) is 15.8. The molecule has 0 fully saturated rings. The number of carboxylic acid groups (broad SMARTS) is 1. The van der Waals surface area contributed by atoms with Crippen molar-refractivity contribution in [3.8, 4) is 0 Å². The third-order valence-corrected chi connectivity index (χ3v) is 3.90. The Morgan fingerprint density at radius 1 is 1.00 bits per heavy atom. The number of carbonyl (C=O) groups excluding carboxylic acids is 1. The van der Waals surface area contributed by atoms with E-state index >= 15 is 0 Å². The van der Waals surface area contributed by atoms with Gasteiger partial charge in [0, 0.05) is 0 Å². The van der Waals surface area contributed by atoms with Gasteiger partial charge in [-0.2, -0.15) is 0 Å². The molecule has 0 radical (unpaired) electrons. The lowest BCUT2D eigenvalue weighted by Crippen LogP contribution is -2.20. The zero-order chi connectivity index (χ0) is 18.2. The van der Waals surface area contributed by atoms with E-state index in [9.17, 15) is 14.7 Å². The Morgan fingerprint density at radius 3 is 2.17 bits per heavy atom. The summed E-state index contributed by atoms with van der Waals surface area (Å²) < 4.78 is 5.07. The molecule has 0 aromatic carbocycles. The number of esters is 1. The number of aliphatic carboxylic acids is 1. The average molecular weight is 341 g/mol. The SMILES string of the molecule is CCCCC/C=C/CCCCCC(CC(=O)OCC(C)C)C(=O)O. The van der Waals surface area contributed by atoms with Crippen molar-refractivity contribution >= 4 is 11.9 Å². The number of carbonyl (C=O) groups is 2. The second-order valence-corrected chi connectivity index (χ2v) is 6.92. The Hall–Kier alpha value is -1.32. The van der Waals surface area contributed by atoms with Crippen LogP contribution in [0.15, 0.2) is 12.2 Å². The standard InChI is InChI=1S/C20H36O4/c1-4-5-6-7-8-9-10-11-12-13-14-18(20(22)23)15-19(21)24-16-17(2)3/h8-9,17-18H,4-7,10-16H2,1-3H3,(H,22,23)/b9-8+. The summed E-state index contributed by atoms with van der Waals surface area (Å²) in [6.45, 7) is 6.48. The zero-order valence-corrected chi connectivity index (χ0v) is 15.8. The molecule has 1 atom stereocenters. The fraction of sp³-hybridized carbons (Fsp3) is 0.800. The van der Waals surface area contributed by atoms with Gasteiger partial charge in [0.05, 0.1) is 18.9 Å². The van der Waals surface area contributed by atoms with Crippen molar-refractivity contribution < 1.29 is 19.4 Å². The highest BCUT2D eigenvalue weighted by molar-refractivity contribution is 5.78. The Labute approximate surface area is 147 Å². The first-order valence-electron chi connectivity index (χ1n) is 9.50. The summed E-state index contributed by atoms with van der Waals surface area (Å²) >= 11 is 0. The second-order valence-electron chi connectivity index (χ2n) is 6.92. The Bertz CT molecular complexity index is 361. The van der Waals surface area contributed by atoms with E-state index in [4.69, 9.17) is 4.74 Å². The molecule has 0 heterocycles. The lowest BCUT2D eigenvalue weighted by atomic mass is 9.97. The minimum absolute atomic E-state index is 0.0145. The third-order valence-electron chi connectivity index (χ3n) is 3.90. The molecule has 0 aromatic heterocycles. The molecule has 4 heteroatoms. The minimum Gasteiger partial charge on any atom is -0.481 e. The van der Waals surface area contributed by atoms with Crippen molar-refractivity contribution in [3.05, 3.63) is 12.2 Å². The van der Waals surface area contributed by atoms with Gasteiger partial charge in [-0.25, -0.2) is 0 Å². The van der Waals surface area contributed by atoms with Gasteiger partial charge >= 0.3 is 11.9 Å². The average Bonchev–Trinajstić information content (AvgIpc) is 2.53. The maximum atomic E-state index is 11.6. The quantitative estimate of drug-likeness (QED) is 0.247. The van der Waals surface area contributed by atoms with Crippen LogP contribution in [0.1, 0.15) is 85.0 Å². The topological polar surface area (TPSA) is 63.6 Å². The van der Waals surface area contributed by atoms with E-state index in [0.29, 0.717) is 13.0 Å². The third kappa shape index (κ3) is 14.3. The fourth-order valence-electron chi connectivity index (χ4n) is 2.41. The molecule has 1 unspecified atom stereocenters. The van der Waals surface area contributed by atoms with Crippen LogP contribution in [0.3, 0.4) is 0 Å². The van der Waals surface area contributed by atoms with Crippen molar-refractivity contribution in [1.29, 1.82) is 0 Å². The highest BCUT2D eigenvalue weighted by Crippen LogP contribution is 2.16. The molecule has 0 rings (SSSR count). The van der Waals surface area contributed by atoms with Gasteiger partial charge in [0.1, 0.15) is 0 Å². The number of hydrogen-bond acceptors (Lipinski definition) is 3. The molecule has 4 nitrogen and oxygen atoms in total. The van der Waals surface area contributed by atoms with E-state index in [1.807, 2.05) is 13.8 Å². The summed E-state index contributed by atoms with van der Waals surface area (Å²) in [6, 6.07) is 0. The van der Waals surface area contributed by atoms with Crippen LogP contribution in [-0.2, 0) is 14.3 Å². The van der Waals surface area contributed by atoms with Gasteiger partial charge in [0.25, 0.3) is 0 Å². The molecular weight excluding hydrogens is 304 g/mol. The van der Waals surface area contributed by atoms with Gasteiger partial charge in [-0.05, 0) is 38.0 Å². The van der Waals surface area contributed by atoms with Crippen LogP contribution >= 0.6 is 0 Å². The molecule has 0 aliphatic heterocycles. The van der Waals surface area contributed by atoms with Crippen LogP contribution in [0.2, 0.25) is 0 Å². The number of ether oxygens (including phenoxy) is 1. The number of allylic oxidation sites excluding steroid dienone is 2. The predicted molar refractivity (Wildman–Crippen MR) is 97.9 cm³/mol. The van der Waals surface area contributed by atoms with Crippen molar-refractivity contribution in [1.82, 2.24) is 0 Å². The monoisotopic (exact) mass is 340 g/mol. The van der Waals surface area contributed by atoms with Gasteiger partial charge in [0.15, 0.2) is 0 Å². The summed E-state index contributed by atoms with van der Waals surface area (Å²) in [5.41, 5.74) is 0. The molecular formula is C20H36O4. The van der Waals surface area contributed by atoms with Crippen LogP contribution in [0, 0.1) is 11.8 Å².